The van der Waals surface area contributed by atoms with E-state index in [0.29, 0.717) is 0 Å². The van der Waals surface area contributed by atoms with Crippen molar-refractivity contribution in [2.24, 2.45) is 17.3 Å². The summed E-state index contributed by atoms with van der Waals surface area (Å²) >= 11 is 0. The summed E-state index contributed by atoms with van der Waals surface area (Å²) in [7, 11) is 0. The van der Waals surface area contributed by atoms with Gasteiger partial charge in [0.25, 0.3) is 0 Å². The average molecular weight is 225 g/mol. The number of carboxylic acids is 1. The maximum atomic E-state index is 12.2. The van der Waals surface area contributed by atoms with Gasteiger partial charge < -0.3 is 10.0 Å². The molecule has 1 saturated heterocycles. The molecule has 4 nitrogen and oxygen atoms in total. The van der Waals surface area contributed by atoms with Crippen LogP contribution in [0.1, 0.15) is 33.6 Å². The third-order valence-corrected chi connectivity index (χ3v) is 4.20. The molecular formula is C12H19NO3. The molecule has 0 bridgehead atoms. The lowest BCUT2D eigenvalue weighted by Crippen LogP contribution is -2.36. The molecule has 2 fully saturated rings. The minimum atomic E-state index is -0.838. The fraction of sp³-hybridized carbons (Fsp3) is 0.833. The first-order valence-corrected chi connectivity index (χ1v) is 5.90. The van der Waals surface area contributed by atoms with Gasteiger partial charge >= 0.3 is 5.97 Å². The number of hydrogen-bond donors (Lipinski definition) is 1. The first-order chi connectivity index (χ1) is 7.37. The Hall–Kier alpha value is -1.06. The summed E-state index contributed by atoms with van der Waals surface area (Å²) in [5.41, 5.74) is -0.370. The molecule has 2 rings (SSSR count). The maximum Gasteiger partial charge on any atom is 0.307 e. The standard InChI is InChI=1S/C12H19NO3/c1-7-5-4-6-13(7)10(14)8-9(11(15)16)12(8,2)3/h7-9H,4-6H2,1-3H3,(H,15,16)/t7?,8-,9+/m1/s1. The molecule has 0 aromatic carbocycles. The minimum Gasteiger partial charge on any atom is -0.481 e. The van der Waals surface area contributed by atoms with Gasteiger partial charge in [-0.2, -0.15) is 0 Å². The van der Waals surface area contributed by atoms with Gasteiger partial charge in [0.2, 0.25) is 5.91 Å². The number of rotatable bonds is 2. The topological polar surface area (TPSA) is 57.6 Å². The van der Waals surface area contributed by atoms with Crippen LogP contribution in [0.4, 0.5) is 0 Å². The van der Waals surface area contributed by atoms with Crippen molar-refractivity contribution in [2.45, 2.75) is 39.7 Å². The van der Waals surface area contributed by atoms with Crippen molar-refractivity contribution in [3.63, 3.8) is 0 Å². The molecule has 1 aliphatic heterocycles. The first-order valence-electron chi connectivity index (χ1n) is 5.90. The van der Waals surface area contributed by atoms with Crippen LogP contribution in [0.2, 0.25) is 0 Å². The van der Waals surface area contributed by atoms with E-state index in [1.807, 2.05) is 25.7 Å². The molecule has 2 aliphatic rings. The minimum absolute atomic E-state index is 0.0439. The van der Waals surface area contributed by atoms with Crippen LogP contribution in [0, 0.1) is 17.3 Å². The zero-order chi connectivity index (χ0) is 12.1. The van der Waals surface area contributed by atoms with E-state index in [-0.39, 0.29) is 23.3 Å². The van der Waals surface area contributed by atoms with Crippen LogP contribution in [0.15, 0.2) is 0 Å². The summed E-state index contributed by atoms with van der Waals surface area (Å²) in [6, 6.07) is 0.276. The number of nitrogens with zero attached hydrogens (tertiary/aromatic N) is 1. The molecule has 1 unspecified atom stereocenters. The Labute approximate surface area is 95.6 Å². The lowest BCUT2D eigenvalue weighted by molar-refractivity contribution is -0.142. The first kappa shape index (κ1) is 11.4. The fourth-order valence-corrected chi connectivity index (χ4v) is 3.00. The Balaban J connectivity index is 2.10. The SMILES string of the molecule is CC1CCCN1C(=O)[C@H]1[C@@H](C(=O)O)C1(C)C. The Kier molecular flexibility index (Phi) is 2.48. The van der Waals surface area contributed by atoms with E-state index in [0.717, 1.165) is 19.4 Å². The van der Waals surface area contributed by atoms with Crippen LogP contribution in [0.3, 0.4) is 0 Å². The van der Waals surface area contributed by atoms with Gasteiger partial charge in [-0.3, -0.25) is 9.59 Å². The fourth-order valence-electron chi connectivity index (χ4n) is 3.00. The highest BCUT2D eigenvalue weighted by Crippen LogP contribution is 2.59. The second-order valence-electron chi connectivity index (χ2n) is 5.64. The number of carbonyl (C=O) groups is 2. The van der Waals surface area contributed by atoms with Crippen molar-refractivity contribution >= 4 is 11.9 Å². The summed E-state index contributed by atoms with van der Waals surface area (Å²) in [5, 5.41) is 9.05. The Morgan fingerprint density at radius 2 is 1.94 bits per heavy atom. The predicted octanol–water partition coefficient (Wildman–Crippen LogP) is 1.35. The monoisotopic (exact) mass is 225 g/mol. The van der Waals surface area contributed by atoms with Crippen molar-refractivity contribution in [3.8, 4) is 0 Å². The van der Waals surface area contributed by atoms with Gasteiger partial charge in [-0.05, 0) is 25.2 Å². The van der Waals surface area contributed by atoms with Crippen molar-refractivity contribution < 1.29 is 14.7 Å². The summed E-state index contributed by atoms with van der Waals surface area (Å²) in [6.07, 6.45) is 2.08. The predicted molar refractivity (Wildman–Crippen MR) is 58.8 cm³/mol. The molecule has 3 atom stereocenters. The Bertz CT molecular complexity index is 337. The highest BCUT2D eigenvalue weighted by molar-refractivity contribution is 5.91. The van der Waals surface area contributed by atoms with Gasteiger partial charge in [-0.1, -0.05) is 13.8 Å². The Morgan fingerprint density at radius 3 is 2.31 bits per heavy atom. The van der Waals surface area contributed by atoms with E-state index < -0.39 is 11.9 Å². The smallest absolute Gasteiger partial charge is 0.307 e. The number of aliphatic carboxylic acids is 1. The van der Waals surface area contributed by atoms with Gasteiger partial charge in [0.15, 0.2) is 0 Å². The molecule has 1 N–H and O–H groups in total. The molecule has 1 heterocycles. The van der Waals surface area contributed by atoms with Crippen LogP contribution in [0.5, 0.6) is 0 Å². The molecule has 0 spiro atoms. The zero-order valence-electron chi connectivity index (χ0n) is 10.1. The van der Waals surface area contributed by atoms with Crippen LogP contribution in [-0.4, -0.2) is 34.5 Å². The van der Waals surface area contributed by atoms with E-state index in [4.69, 9.17) is 5.11 Å². The highest BCUT2D eigenvalue weighted by atomic mass is 16.4. The van der Waals surface area contributed by atoms with Crippen molar-refractivity contribution in [1.82, 2.24) is 4.90 Å². The summed E-state index contributed by atoms with van der Waals surface area (Å²) < 4.78 is 0. The van der Waals surface area contributed by atoms with Crippen LogP contribution in [0.25, 0.3) is 0 Å². The van der Waals surface area contributed by atoms with Crippen molar-refractivity contribution in [3.05, 3.63) is 0 Å². The van der Waals surface area contributed by atoms with E-state index in [1.54, 1.807) is 0 Å². The third kappa shape index (κ3) is 1.51. The average Bonchev–Trinajstić information content (AvgIpc) is 2.53. The van der Waals surface area contributed by atoms with Gasteiger partial charge in [0, 0.05) is 12.6 Å². The molecule has 0 aromatic heterocycles. The molecule has 1 aliphatic carbocycles. The molecule has 16 heavy (non-hydrogen) atoms. The summed E-state index contributed by atoms with van der Waals surface area (Å²) in [4.78, 5) is 25.1. The molecular weight excluding hydrogens is 206 g/mol. The molecule has 1 amide bonds. The summed E-state index contributed by atoms with van der Waals surface area (Å²) in [5.74, 6) is -1.60. The Morgan fingerprint density at radius 1 is 1.31 bits per heavy atom. The number of hydrogen-bond acceptors (Lipinski definition) is 2. The van der Waals surface area contributed by atoms with E-state index in [9.17, 15) is 9.59 Å². The molecule has 0 aromatic rings. The molecule has 4 heteroatoms. The number of carbonyl (C=O) groups excluding carboxylic acids is 1. The van der Waals surface area contributed by atoms with E-state index >= 15 is 0 Å². The molecule has 0 radical (unpaired) electrons. The quantitative estimate of drug-likeness (QED) is 0.771. The second-order valence-corrected chi connectivity index (χ2v) is 5.64. The van der Waals surface area contributed by atoms with Crippen LogP contribution < -0.4 is 0 Å². The summed E-state index contributed by atoms with van der Waals surface area (Å²) in [6.45, 7) is 6.57. The van der Waals surface area contributed by atoms with Gasteiger partial charge in [-0.15, -0.1) is 0 Å². The van der Waals surface area contributed by atoms with Gasteiger partial charge in [-0.25, -0.2) is 0 Å². The lowest BCUT2D eigenvalue weighted by atomic mass is 10.1. The van der Waals surface area contributed by atoms with E-state index in [2.05, 4.69) is 0 Å². The number of carboxylic acid groups (broad SMARTS) is 1. The molecule has 90 valence electrons. The van der Waals surface area contributed by atoms with Gasteiger partial charge in [0.05, 0.1) is 11.8 Å². The second kappa shape index (κ2) is 3.47. The van der Waals surface area contributed by atoms with Crippen molar-refractivity contribution in [2.75, 3.05) is 6.54 Å². The lowest BCUT2D eigenvalue weighted by Gasteiger charge is -2.22. The number of likely N-dealkylation sites (tertiary alicyclic amines) is 1. The van der Waals surface area contributed by atoms with E-state index in [1.165, 1.54) is 0 Å². The van der Waals surface area contributed by atoms with Crippen LogP contribution in [-0.2, 0) is 9.59 Å². The normalized spacial score (nSPS) is 36.2. The van der Waals surface area contributed by atoms with Gasteiger partial charge in [0.1, 0.15) is 0 Å². The van der Waals surface area contributed by atoms with Crippen molar-refractivity contribution in [1.29, 1.82) is 0 Å². The largest absolute Gasteiger partial charge is 0.481 e. The molecule has 1 saturated carbocycles. The zero-order valence-corrected chi connectivity index (χ0v) is 10.1. The third-order valence-electron chi connectivity index (χ3n) is 4.20. The highest BCUT2D eigenvalue weighted by Gasteiger charge is 2.66. The maximum absolute atomic E-state index is 12.2. The van der Waals surface area contributed by atoms with Crippen LogP contribution >= 0.6 is 0 Å². The number of amides is 1.